The molecule has 0 aromatic carbocycles. The van der Waals surface area contributed by atoms with E-state index in [4.69, 9.17) is 47.4 Å². The third kappa shape index (κ3) is 33.9. The summed E-state index contributed by atoms with van der Waals surface area (Å²) in [5, 5.41) is 195. The fourth-order valence-corrected chi connectivity index (χ4v) is 16.0. The molecule has 0 bridgehead atoms. The molecule has 0 aliphatic carbocycles. The lowest BCUT2D eigenvalue weighted by Crippen LogP contribution is -2.71. The van der Waals surface area contributed by atoms with Crippen molar-refractivity contribution >= 4 is 23.6 Å². The van der Waals surface area contributed by atoms with Gasteiger partial charge < -0.3 is 150 Å². The summed E-state index contributed by atoms with van der Waals surface area (Å²) in [6, 6.07) is -2.81. The smallest absolute Gasteiger partial charge is 0.364 e. The molecule has 1 unspecified atom stereocenters. The first-order valence-electron chi connectivity index (χ1n) is 43.3. The topological polar surface area (TPSA) is 529 Å². The number of carboxylic acid groups (broad SMARTS) is 1. The normalized spacial score (nSPS) is 33.1. The Labute approximate surface area is 679 Å². The summed E-state index contributed by atoms with van der Waals surface area (Å²) in [5.74, 6) is -9.03. The van der Waals surface area contributed by atoms with Crippen molar-refractivity contribution in [3.05, 3.63) is 12.2 Å². The minimum atomic E-state index is -3.36. The van der Waals surface area contributed by atoms with Gasteiger partial charge in [0.05, 0.1) is 70.0 Å². The number of ketones is 1. The summed E-state index contributed by atoms with van der Waals surface area (Å²) in [6.07, 6.45) is -6.05. The highest BCUT2D eigenvalue weighted by atomic mass is 16.8. The Morgan fingerprint density at radius 1 is 0.470 bits per heavy atom. The van der Waals surface area contributed by atoms with E-state index in [-0.39, 0.29) is 18.7 Å². The van der Waals surface area contributed by atoms with Gasteiger partial charge >= 0.3 is 5.97 Å². The number of aliphatic hydroxyl groups excluding tert-OH is 16. The standard InChI is InChI=1S/C82H148N2O31/c1-5-7-9-11-13-15-17-19-20-21-22-23-24-25-26-27-28-30-32-34-36-38-40-42-62(95)84-54(55(92)41-39-37-35-33-31-29-18-16-14-12-10-8-6-2)50-106-78-70(102)68(100)73(60(48-88)109-78)112-80-71(103)76(115-82(81(104)105)44-56(93)63(83-52(4)91)75(114-82)64(96)57(94)45-85)74(61(49-89)110-80)113-77-53(43-51(3)90)72(66(98)59(47-87)107-77)111-79-69(101)67(99)65(97)58(46-86)108-79/h19-20,53-61,63-80,85-89,92-94,96-103H,5-18,21-50H2,1-4H3,(H,83,91)(H,84,95)(H,104,105)/b20-19-/t53-,54+,55-,56+,57-,58-,59-,60-,61-,63-,64-,65+,66+,67+,68-,69-,70-,71-,72-,73-,74+,75?,76-,77+,78-,79+,80+,82+/m1/s1. The van der Waals surface area contributed by atoms with Crippen molar-refractivity contribution < 1.29 is 153 Å². The van der Waals surface area contributed by atoms with Crippen LogP contribution in [-0.2, 0) is 66.5 Å². The lowest BCUT2D eigenvalue weighted by molar-refractivity contribution is -0.406. The molecule has 0 aromatic rings. The van der Waals surface area contributed by atoms with Gasteiger partial charge in [0.2, 0.25) is 11.8 Å². The second kappa shape index (κ2) is 56.5. The Hall–Kier alpha value is -3.22. The van der Waals surface area contributed by atoms with Gasteiger partial charge in [0.25, 0.3) is 5.79 Å². The lowest BCUT2D eigenvalue weighted by atomic mass is 9.86. The molecule has 0 radical (unpaired) electrons. The molecule has 5 aliphatic heterocycles. The molecule has 2 amide bonds. The number of carbonyl (C=O) groups excluding carboxylic acids is 3. The highest BCUT2D eigenvalue weighted by Crippen LogP contribution is 2.43. The predicted octanol–water partition coefficient (Wildman–Crippen LogP) is 3.17. The molecule has 115 heavy (non-hydrogen) atoms. The molecule has 5 rings (SSSR count). The van der Waals surface area contributed by atoms with Crippen molar-refractivity contribution in [3.8, 4) is 0 Å². The summed E-state index contributed by atoms with van der Waals surface area (Å²) in [5.41, 5.74) is 0. The van der Waals surface area contributed by atoms with Crippen molar-refractivity contribution in [2.75, 3.05) is 39.6 Å². The molecule has 5 aliphatic rings. The molecule has 28 atom stereocenters. The van der Waals surface area contributed by atoms with Crippen LogP contribution in [0.3, 0.4) is 0 Å². The maximum absolute atomic E-state index is 13.9. The second-order valence-corrected chi connectivity index (χ2v) is 32.4. The molecule has 5 heterocycles. The van der Waals surface area contributed by atoms with Crippen molar-refractivity contribution in [1.82, 2.24) is 10.6 Å². The molecule has 0 saturated carbocycles. The van der Waals surface area contributed by atoms with E-state index in [9.17, 15) is 106 Å². The summed E-state index contributed by atoms with van der Waals surface area (Å²) in [4.78, 5) is 53.3. The maximum atomic E-state index is 13.9. The molecule has 5 saturated heterocycles. The Balaban J connectivity index is 1.31. The molecular weight excluding hydrogens is 1510 g/mol. The van der Waals surface area contributed by atoms with Crippen LogP contribution >= 0.6 is 0 Å². The number of nitrogens with one attached hydrogen (secondary N) is 2. The number of carbonyl (C=O) groups is 4. The fourth-order valence-electron chi connectivity index (χ4n) is 16.0. The molecule has 33 nitrogen and oxygen atoms in total. The van der Waals surface area contributed by atoms with E-state index >= 15 is 0 Å². The van der Waals surface area contributed by atoms with Crippen molar-refractivity contribution in [2.24, 2.45) is 5.92 Å². The van der Waals surface area contributed by atoms with Gasteiger partial charge in [-0.3, -0.25) is 9.59 Å². The van der Waals surface area contributed by atoms with Gasteiger partial charge in [0.1, 0.15) is 110 Å². The predicted molar refractivity (Wildman–Crippen MR) is 416 cm³/mol. The molecule has 5 fully saturated rings. The number of allylic oxidation sites excluding steroid dienone is 2. The Morgan fingerprint density at radius 3 is 1.40 bits per heavy atom. The van der Waals surface area contributed by atoms with Crippen LogP contribution in [0.1, 0.15) is 272 Å². The number of unbranched alkanes of at least 4 members (excludes halogenated alkanes) is 31. The van der Waals surface area contributed by atoms with Crippen LogP contribution in [0, 0.1) is 5.92 Å². The number of hydrogen-bond donors (Lipinski definition) is 19. The minimum absolute atomic E-state index is 0.159. The monoisotopic (exact) mass is 1660 g/mol. The van der Waals surface area contributed by atoms with E-state index < -0.39 is 241 Å². The van der Waals surface area contributed by atoms with Crippen molar-refractivity contribution in [2.45, 2.75) is 437 Å². The average Bonchev–Trinajstić information content (AvgIpc) is 0.741. The average molecular weight is 1660 g/mol. The van der Waals surface area contributed by atoms with E-state index in [2.05, 4.69) is 36.6 Å². The zero-order valence-electron chi connectivity index (χ0n) is 68.7. The first kappa shape index (κ1) is 102. The van der Waals surface area contributed by atoms with E-state index in [1.54, 1.807) is 0 Å². The quantitative estimate of drug-likeness (QED) is 0.0307. The van der Waals surface area contributed by atoms with Gasteiger partial charge in [-0.1, -0.05) is 212 Å². The molecule has 0 spiro atoms. The molecule has 672 valence electrons. The summed E-state index contributed by atoms with van der Waals surface area (Å²) >= 11 is 0. The third-order valence-corrected chi connectivity index (χ3v) is 22.9. The van der Waals surface area contributed by atoms with E-state index in [1.165, 1.54) is 141 Å². The van der Waals surface area contributed by atoms with Gasteiger partial charge in [0.15, 0.2) is 25.2 Å². The number of aliphatic hydroxyl groups is 16. The van der Waals surface area contributed by atoms with Crippen molar-refractivity contribution in [3.63, 3.8) is 0 Å². The van der Waals surface area contributed by atoms with Crippen LogP contribution in [0.25, 0.3) is 0 Å². The highest BCUT2D eigenvalue weighted by molar-refractivity contribution is 5.77. The van der Waals surface area contributed by atoms with Crippen LogP contribution in [0.5, 0.6) is 0 Å². The van der Waals surface area contributed by atoms with Gasteiger partial charge in [-0.15, -0.1) is 0 Å². The summed E-state index contributed by atoms with van der Waals surface area (Å²) in [7, 11) is 0. The van der Waals surface area contributed by atoms with Gasteiger partial charge in [-0.05, 0) is 45.4 Å². The number of rotatable bonds is 61. The Morgan fingerprint density at radius 2 is 0.904 bits per heavy atom. The SMILES string of the molecule is CCCCCCCC/C=C\CCCCCCCCCCCCCCCC(=O)N[C@@H](CO[C@@H]1O[C@H](CO)[C@@H](O[C@@H]2O[C@H](CO)[C@H](O[C@@H]3O[C@H](CO)[C@H](O)[C@H](O[C@@H]4O[C@H](CO)[C@H](O)[C@H](O)[C@H]4O)[C@H]3CC(C)=O)[C@H](O[C@]3(C(=O)O)C[C@H](O)[C@@H](NC(C)=O)C([C@H](O)[C@H](O)CO)O3)[C@H]2O)[C@H](O)[C@H]1O)[C@H](O)CCCCCCCCCCCCCCC. The van der Waals surface area contributed by atoms with Crippen LogP contribution < -0.4 is 10.6 Å². The zero-order valence-corrected chi connectivity index (χ0v) is 68.7. The van der Waals surface area contributed by atoms with E-state index in [0.717, 1.165) is 78.1 Å². The van der Waals surface area contributed by atoms with Crippen LogP contribution in [0.4, 0.5) is 0 Å². The minimum Gasteiger partial charge on any atom is -0.477 e. The highest BCUT2D eigenvalue weighted by Gasteiger charge is 2.62. The molecule has 0 aromatic heterocycles. The van der Waals surface area contributed by atoms with Gasteiger partial charge in [-0.25, -0.2) is 4.79 Å². The third-order valence-electron chi connectivity index (χ3n) is 22.9. The zero-order chi connectivity index (χ0) is 84.4. The Kier molecular flexibility index (Phi) is 50.2. The number of Topliss-reactive ketones (excluding diaryl/α,β-unsaturated/α-hetero) is 1. The number of ether oxygens (including phenoxy) is 10. The molecular formula is C82H148N2O31. The van der Waals surface area contributed by atoms with Gasteiger partial charge in [0, 0.05) is 32.1 Å². The maximum Gasteiger partial charge on any atom is 0.364 e. The number of hydrogen-bond acceptors (Lipinski definition) is 30. The van der Waals surface area contributed by atoms with E-state index in [0.29, 0.717) is 12.8 Å². The second-order valence-electron chi connectivity index (χ2n) is 32.4. The first-order valence-corrected chi connectivity index (χ1v) is 43.3. The summed E-state index contributed by atoms with van der Waals surface area (Å²) in [6.45, 7) is 0.627. The number of aliphatic carboxylic acids is 1. The summed E-state index contributed by atoms with van der Waals surface area (Å²) < 4.78 is 60.6. The van der Waals surface area contributed by atoms with Crippen LogP contribution in [0.15, 0.2) is 12.2 Å². The fraction of sp³-hybridized carbons (Fsp3) is 0.927. The number of amides is 2. The molecule has 19 N–H and O–H groups in total. The largest absolute Gasteiger partial charge is 0.477 e. The van der Waals surface area contributed by atoms with Gasteiger partial charge in [-0.2, -0.15) is 0 Å². The Bertz CT molecular complexity index is 2640. The molecule has 33 heteroatoms. The number of carboxylic acids is 1. The lowest BCUT2D eigenvalue weighted by Gasteiger charge is -2.52. The van der Waals surface area contributed by atoms with E-state index in [1.807, 2.05) is 0 Å². The van der Waals surface area contributed by atoms with Crippen molar-refractivity contribution in [1.29, 1.82) is 0 Å². The van der Waals surface area contributed by atoms with Crippen LogP contribution in [0.2, 0.25) is 0 Å². The van der Waals surface area contributed by atoms with Crippen LogP contribution in [-0.4, -0.2) is 315 Å². The first-order chi connectivity index (χ1) is 55.3.